The normalized spacial score (nSPS) is 26.2. The second-order valence-corrected chi connectivity index (χ2v) is 8.60. The predicted octanol–water partition coefficient (Wildman–Crippen LogP) is 2.68. The number of aromatic amines is 1. The van der Waals surface area contributed by atoms with Gasteiger partial charge in [0.1, 0.15) is 5.75 Å². The third-order valence-electron chi connectivity index (χ3n) is 5.64. The molecule has 1 saturated heterocycles. The lowest BCUT2D eigenvalue weighted by molar-refractivity contribution is 0.0457. The van der Waals surface area contributed by atoms with Gasteiger partial charge in [-0.15, -0.1) is 0 Å². The highest BCUT2D eigenvalue weighted by Gasteiger charge is 2.50. The van der Waals surface area contributed by atoms with Crippen LogP contribution in [0.15, 0.2) is 30.3 Å². The van der Waals surface area contributed by atoms with Gasteiger partial charge in [0.25, 0.3) is 0 Å². The van der Waals surface area contributed by atoms with E-state index in [9.17, 15) is 5.11 Å². The minimum Gasteiger partial charge on any atom is -0.493 e. The molecule has 0 spiro atoms. The largest absolute Gasteiger partial charge is 0.493 e. The molecule has 0 amide bonds. The van der Waals surface area contributed by atoms with E-state index in [4.69, 9.17) is 4.74 Å². The first-order chi connectivity index (χ1) is 11.9. The number of likely N-dealkylation sites (tertiary alicyclic amines) is 1. The lowest BCUT2D eigenvalue weighted by atomic mass is 9.74. The Morgan fingerprint density at radius 3 is 2.88 bits per heavy atom. The number of hydrogen-bond donors (Lipinski definition) is 2. The standard InChI is InChI=1S/C20H27N3O2/c1-19(2,3)18-8-14(21-22-18)9-23-10-16-15-6-4-5-7-17(15)25-13-20(16,11-23)12-24/h4-8,16,24H,9-13H2,1-3H3,(H,21,22)/t16-,20-/m1/s1. The van der Waals surface area contributed by atoms with Crippen molar-refractivity contribution in [3.05, 3.63) is 47.3 Å². The first kappa shape index (κ1) is 16.6. The van der Waals surface area contributed by atoms with Gasteiger partial charge < -0.3 is 9.84 Å². The molecule has 2 N–H and O–H groups in total. The van der Waals surface area contributed by atoms with Gasteiger partial charge in [-0.1, -0.05) is 39.0 Å². The zero-order chi connectivity index (χ0) is 17.7. The molecule has 3 heterocycles. The molecule has 134 valence electrons. The van der Waals surface area contributed by atoms with Gasteiger partial charge in [-0.2, -0.15) is 5.10 Å². The van der Waals surface area contributed by atoms with Crippen molar-refractivity contribution >= 4 is 0 Å². The fourth-order valence-electron chi connectivity index (χ4n) is 4.16. The first-order valence-corrected chi connectivity index (χ1v) is 9.01. The maximum absolute atomic E-state index is 10.1. The zero-order valence-corrected chi connectivity index (χ0v) is 15.2. The van der Waals surface area contributed by atoms with Crippen molar-refractivity contribution in [1.29, 1.82) is 0 Å². The molecule has 1 aromatic carbocycles. The number of para-hydroxylation sites is 1. The van der Waals surface area contributed by atoms with E-state index in [1.165, 1.54) is 5.56 Å². The van der Waals surface area contributed by atoms with Crippen LogP contribution in [0.3, 0.4) is 0 Å². The van der Waals surface area contributed by atoms with Crippen molar-refractivity contribution < 1.29 is 9.84 Å². The third kappa shape index (κ3) is 2.85. The van der Waals surface area contributed by atoms with Crippen LogP contribution in [0.2, 0.25) is 0 Å². The molecule has 2 atom stereocenters. The zero-order valence-electron chi connectivity index (χ0n) is 15.2. The monoisotopic (exact) mass is 341 g/mol. The van der Waals surface area contributed by atoms with Gasteiger partial charge in [0.05, 0.1) is 18.9 Å². The van der Waals surface area contributed by atoms with Crippen LogP contribution in [0, 0.1) is 5.41 Å². The van der Waals surface area contributed by atoms with Gasteiger partial charge in [-0.3, -0.25) is 10.00 Å². The number of aliphatic hydroxyl groups excluding tert-OH is 1. The summed E-state index contributed by atoms with van der Waals surface area (Å²) in [5.41, 5.74) is 3.29. The summed E-state index contributed by atoms with van der Waals surface area (Å²) in [7, 11) is 0. The van der Waals surface area contributed by atoms with Gasteiger partial charge in [-0.05, 0) is 17.7 Å². The molecule has 1 aromatic heterocycles. The first-order valence-electron chi connectivity index (χ1n) is 9.01. The Morgan fingerprint density at radius 1 is 1.36 bits per heavy atom. The Kier molecular flexibility index (Phi) is 3.89. The molecule has 0 bridgehead atoms. The van der Waals surface area contributed by atoms with Gasteiger partial charge in [0.15, 0.2) is 0 Å². The van der Waals surface area contributed by atoms with Crippen LogP contribution >= 0.6 is 0 Å². The minimum absolute atomic E-state index is 0.0485. The molecule has 2 aliphatic rings. The molecule has 0 radical (unpaired) electrons. The Morgan fingerprint density at radius 2 is 2.16 bits per heavy atom. The summed E-state index contributed by atoms with van der Waals surface area (Å²) in [6.45, 7) is 9.85. The molecular weight excluding hydrogens is 314 g/mol. The Balaban J connectivity index is 1.56. The van der Waals surface area contributed by atoms with Crippen molar-refractivity contribution in [2.24, 2.45) is 5.41 Å². The number of hydrogen-bond acceptors (Lipinski definition) is 4. The average molecular weight is 341 g/mol. The number of nitrogens with one attached hydrogen (secondary N) is 1. The van der Waals surface area contributed by atoms with E-state index in [-0.39, 0.29) is 17.4 Å². The number of fused-ring (bicyclic) bond motifs is 3. The smallest absolute Gasteiger partial charge is 0.122 e. The molecule has 0 aliphatic carbocycles. The van der Waals surface area contributed by atoms with Crippen LogP contribution in [0.25, 0.3) is 0 Å². The van der Waals surface area contributed by atoms with E-state index in [1.54, 1.807) is 0 Å². The van der Waals surface area contributed by atoms with Crippen LogP contribution in [0.5, 0.6) is 5.75 Å². The maximum Gasteiger partial charge on any atom is 0.122 e. The van der Waals surface area contributed by atoms with Gasteiger partial charge in [0.2, 0.25) is 0 Å². The van der Waals surface area contributed by atoms with Crippen LogP contribution < -0.4 is 4.74 Å². The predicted molar refractivity (Wildman–Crippen MR) is 96.8 cm³/mol. The summed E-state index contributed by atoms with van der Waals surface area (Å²) in [6, 6.07) is 10.4. The Bertz CT molecular complexity index is 764. The van der Waals surface area contributed by atoms with Crippen molar-refractivity contribution in [2.45, 2.75) is 38.6 Å². The summed E-state index contributed by atoms with van der Waals surface area (Å²) in [5.74, 6) is 1.28. The van der Waals surface area contributed by atoms with Gasteiger partial charge in [-0.25, -0.2) is 0 Å². The fourth-order valence-corrected chi connectivity index (χ4v) is 4.16. The molecule has 4 rings (SSSR count). The number of aromatic nitrogens is 2. The van der Waals surface area contributed by atoms with E-state index in [1.807, 2.05) is 12.1 Å². The van der Waals surface area contributed by atoms with Crippen molar-refractivity contribution in [3.63, 3.8) is 0 Å². The van der Waals surface area contributed by atoms with Crippen LogP contribution in [0.1, 0.15) is 43.6 Å². The molecule has 0 saturated carbocycles. The van der Waals surface area contributed by atoms with Crippen LogP contribution in [0.4, 0.5) is 0 Å². The number of ether oxygens (including phenoxy) is 1. The second-order valence-electron chi connectivity index (χ2n) is 8.60. The fraction of sp³-hybridized carbons (Fsp3) is 0.550. The summed E-state index contributed by atoms with van der Waals surface area (Å²) in [6.07, 6.45) is 0. The lowest BCUT2D eigenvalue weighted by Crippen LogP contribution is -2.42. The van der Waals surface area contributed by atoms with Crippen molar-refractivity contribution in [3.8, 4) is 5.75 Å². The summed E-state index contributed by atoms with van der Waals surface area (Å²) < 4.78 is 5.97. The third-order valence-corrected chi connectivity index (χ3v) is 5.64. The molecule has 1 fully saturated rings. The quantitative estimate of drug-likeness (QED) is 0.901. The van der Waals surface area contributed by atoms with E-state index >= 15 is 0 Å². The van der Waals surface area contributed by atoms with Gasteiger partial charge in [0, 0.05) is 42.1 Å². The van der Waals surface area contributed by atoms with E-state index < -0.39 is 0 Å². The number of H-pyrrole nitrogens is 1. The van der Waals surface area contributed by atoms with E-state index in [0.717, 1.165) is 36.8 Å². The van der Waals surface area contributed by atoms with E-state index in [0.29, 0.717) is 12.5 Å². The van der Waals surface area contributed by atoms with Crippen molar-refractivity contribution in [1.82, 2.24) is 15.1 Å². The summed E-state index contributed by atoms with van der Waals surface area (Å²) in [5, 5.41) is 17.8. The molecule has 25 heavy (non-hydrogen) atoms. The summed E-state index contributed by atoms with van der Waals surface area (Å²) >= 11 is 0. The number of benzene rings is 1. The molecule has 0 unspecified atom stereocenters. The SMILES string of the molecule is CC(C)(C)c1cc(CN2C[C@@H]3c4ccccc4OC[C@]3(CO)C2)[nH]n1. The number of nitrogens with zero attached hydrogens (tertiary/aromatic N) is 2. The molecule has 5 heteroatoms. The summed E-state index contributed by atoms with van der Waals surface area (Å²) in [4.78, 5) is 2.41. The highest BCUT2D eigenvalue weighted by atomic mass is 16.5. The maximum atomic E-state index is 10.1. The minimum atomic E-state index is -0.207. The highest BCUT2D eigenvalue weighted by molar-refractivity contribution is 5.41. The number of rotatable bonds is 3. The van der Waals surface area contributed by atoms with E-state index in [2.05, 4.69) is 54.1 Å². The lowest BCUT2D eigenvalue weighted by Gasteiger charge is -2.38. The highest BCUT2D eigenvalue weighted by Crippen LogP contribution is 2.49. The Labute approximate surface area is 149 Å². The molecular formula is C20H27N3O2. The Hall–Kier alpha value is -1.85. The number of aliphatic hydroxyl groups is 1. The van der Waals surface area contributed by atoms with Gasteiger partial charge >= 0.3 is 0 Å². The van der Waals surface area contributed by atoms with Crippen molar-refractivity contribution in [2.75, 3.05) is 26.3 Å². The molecule has 2 aromatic rings. The van der Waals surface area contributed by atoms with Crippen LogP contribution in [-0.2, 0) is 12.0 Å². The average Bonchev–Trinajstić information content (AvgIpc) is 3.19. The molecule has 2 aliphatic heterocycles. The topological polar surface area (TPSA) is 61.4 Å². The van der Waals surface area contributed by atoms with Crippen LogP contribution in [-0.4, -0.2) is 46.5 Å². The second kappa shape index (κ2) is 5.85. The molecule has 5 nitrogen and oxygen atoms in total.